The molecule has 24 unspecified atom stereocenters. The quantitative estimate of drug-likeness (QED) is 0.0629. The summed E-state index contributed by atoms with van der Waals surface area (Å²) in [5.41, 5.74) is -1.52. The summed E-state index contributed by atoms with van der Waals surface area (Å²) >= 11 is 0. The third kappa shape index (κ3) is 8.70. The summed E-state index contributed by atoms with van der Waals surface area (Å²) in [5, 5.41) is 116. The van der Waals surface area contributed by atoms with Crippen LogP contribution in [0.1, 0.15) is 113 Å². The minimum atomic E-state index is -1.81. The van der Waals surface area contributed by atoms with Crippen LogP contribution in [0.2, 0.25) is 0 Å². The normalized spacial score (nSPS) is 51.2. The van der Waals surface area contributed by atoms with Crippen molar-refractivity contribution in [2.24, 2.45) is 45.3 Å². The molecule has 0 radical (unpaired) electrons. The van der Waals surface area contributed by atoms with Gasteiger partial charge in [-0.3, -0.25) is 0 Å². The second-order valence-electron chi connectivity index (χ2n) is 22.5. The largest absolute Gasteiger partial charge is 0.394 e. The zero-order chi connectivity index (χ0) is 48.5. The van der Waals surface area contributed by atoms with Gasteiger partial charge in [0.25, 0.3) is 0 Å². The summed E-state index contributed by atoms with van der Waals surface area (Å²) in [6, 6.07) is 0. The van der Waals surface area contributed by atoms with Crippen molar-refractivity contribution >= 4 is 6.29 Å². The maximum Gasteiger partial charge on any atom is 0.187 e. The van der Waals surface area contributed by atoms with Crippen LogP contribution in [0.3, 0.4) is 0 Å². The van der Waals surface area contributed by atoms with Gasteiger partial charge in [0.2, 0.25) is 0 Å². The second-order valence-corrected chi connectivity index (χ2v) is 22.5. The molecule has 3 heterocycles. The summed E-state index contributed by atoms with van der Waals surface area (Å²) in [4.78, 5) is 14.0. The van der Waals surface area contributed by atoms with Gasteiger partial charge < -0.3 is 89.4 Å². The minimum absolute atomic E-state index is 0.0220. The van der Waals surface area contributed by atoms with Crippen LogP contribution in [0, 0.1) is 45.3 Å². The summed E-state index contributed by atoms with van der Waals surface area (Å²) in [7, 11) is 0. The van der Waals surface area contributed by atoms with E-state index < -0.39 is 134 Å². The summed E-state index contributed by atoms with van der Waals surface area (Å²) in [6.07, 6.45) is -12.9. The Morgan fingerprint density at radius 1 is 0.621 bits per heavy atom. The number of rotatable bonds is 14. The standard InChI is InChI=1S/C48H80O18/c1-23(2)9-8-15-47(7,66-42-39(60)36(57)33(54)27(20-50)62-42)25-12-16-45(5)24(25)10-11-30-46(45,6)17-13-29-44(3,4)31(14-18-48(29,30)22-52)64-43-40(37(58)34(55)28(21-51)63-43)65-41-38(59)35(56)32(53)26(19-49)61-41/h9,22,24-43,49-51,53-60H,8,10-21H2,1-7H3. The number of carbonyl (C=O) groups is 1. The van der Waals surface area contributed by atoms with Crippen molar-refractivity contribution in [3.8, 4) is 0 Å². The van der Waals surface area contributed by atoms with Crippen molar-refractivity contribution in [2.45, 2.75) is 216 Å². The Balaban J connectivity index is 1.13. The van der Waals surface area contributed by atoms with Crippen LogP contribution < -0.4 is 0 Å². The van der Waals surface area contributed by atoms with Crippen molar-refractivity contribution in [2.75, 3.05) is 19.8 Å². The molecule has 0 bridgehead atoms. The van der Waals surface area contributed by atoms with Gasteiger partial charge in [-0.25, -0.2) is 0 Å². The molecule has 4 saturated carbocycles. The molecule has 0 spiro atoms. The first-order chi connectivity index (χ1) is 31.0. The van der Waals surface area contributed by atoms with E-state index in [0.717, 1.165) is 37.7 Å². The maximum atomic E-state index is 14.0. The first-order valence-corrected chi connectivity index (χ1v) is 24.3. The van der Waals surface area contributed by atoms with Crippen molar-refractivity contribution in [3.05, 3.63) is 11.6 Å². The van der Waals surface area contributed by atoms with Gasteiger partial charge in [0.05, 0.1) is 31.5 Å². The van der Waals surface area contributed by atoms with Crippen LogP contribution in [0.25, 0.3) is 0 Å². The molecule has 11 N–H and O–H groups in total. The second kappa shape index (κ2) is 19.7. The highest BCUT2D eigenvalue weighted by molar-refractivity contribution is 5.62. The van der Waals surface area contributed by atoms with E-state index >= 15 is 0 Å². The van der Waals surface area contributed by atoms with Crippen LogP contribution in [-0.4, -0.2) is 186 Å². The molecule has 4 aliphatic carbocycles. The average molecular weight is 945 g/mol. The Morgan fingerprint density at radius 3 is 1.74 bits per heavy atom. The molecule has 7 fully saturated rings. The van der Waals surface area contributed by atoms with Gasteiger partial charge in [-0.1, -0.05) is 39.3 Å². The van der Waals surface area contributed by atoms with Crippen molar-refractivity contribution in [1.82, 2.24) is 0 Å². The number of carbonyl (C=O) groups excluding carboxylic acids is 1. The predicted molar refractivity (Wildman–Crippen MR) is 233 cm³/mol. The van der Waals surface area contributed by atoms with E-state index in [1.807, 2.05) is 13.8 Å². The van der Waals surface area contributed by atoms with Gasteiger partial charge in [0.1, 0.15) is 79.5 Å². The van der Waals surface area contributed by atoms with E-state index in [1.54, 1.807) is 0 Å². The van der Waals surface area contributed by atoms with Gasteiger partial charge >= 0.3 is 0 Å². The fraction of sp³-hybridized carbons (Fsp3) is 0.938. The molecule has 7 rings (SSSR count). The first-order valence-electron chi connectivity index (χ1n) is 24.3. The van der Waals surface area contributed by atoms with Crippen molar-refractivity contribution < 1.29 is 89.4 Å². The number of allylic oxidation sites excluding steroid dienone is 2. The number of fused-ring (bicyclic) bond motifs is 5. The van der Waals surface area contributed by atoms with Gasteiger partial charge in [-0.05, 0) is 125 Å². The highest BCUT2D eigenvalue weighted by atomic mass is 16.8. The summed E-state index contributed by atoms with van der Waals surface area (Å²) in [5.74, 6) is 0.0827. The van der Waals surface area contributed by atoms with Crippen LogP contribution in [0.4, 0.5) is 0 Å². The van der Waals surface area contributed by atoms with E-state index in [9.17, 15) is 61.0 Å². The number of aliphatic hydroxyl groups is 11. The Hall–Kier alpha value is -1.27. The van der Waals surface area contributed by atoms with Gasteiger partial charge in [-0.2, -0.15) is 0 Å². The van der Waals surface area contributed by atoms with Crippen LogP contribution in [0.5, 0.6) is 0 Å². The van der Waals surface area contributed by atoms with E-state index in [4.69, 9.17) is 28.4 Å². The lowest BCUT2D eigenvalue weighted by Gasteiger charge is -2.69. The Labute approximate surface area is 388 Å². The Morgan fingerprint density at radius 2 is 1.17 bits per heavy atom. The lowest BCUT2D eigenvalue weighted by atomic mass is 9.35. The molecule has 3 saturated heterocycles. The molecule has 3 aliphatic heterocycles. The summed E-state index contributed by atoms with van der Waals surface area (Å²) < 4.78 is 37.1. The van der Waals surface area contributed by atoms with E-state index in [0.29, 0.717) is 32.1 Å². The molecule has 0 aromatic rings. The number of hydrogen-bond acceptors (Lipinski definition) is 18. The molecule has 0 aromatic heterocycles. The highest BCUT2D eigenvalue weighted by Gasteiger charge is 2.71. The SMILES string of the molecule is CC(C)=CCCC(C)(OC1OC(CO)C(O)C(O)C1O)C1CCC2(C)C1CCC1C3(C=O)CCC(OC4OC(CO)C(O)C(O)C4OC4OC(CO)C(O)C(O)C4O)C(C)(C)C3CCC12C. The Bertz CT molecular complexity index is 1690. The predicted octanol–water partition coefficient (Wildman–Crippen LogP) is 0.181. The fourth-order valence-corrected chi connectivity index (χ4v) is 14.7. The maximum absolute atomic E-state index is 14.0. The zero-order valence-electron chi connectivity index (χ0n) is 39.7. The van der Waals surface area contributed by atoms with Crippen LogP contribution >= 0.6 is 0 Å². The molecular formula is C48H80O18. The molecule has 380 valence electrons. The molecule has 18 nitrogen and oxygen atoms in total. The molecule has 7 aliphatic rings. The highest BCUT2D eigenvalue weighted by Crippen LogP contribution is 2.76. The molecule has 0 amide bonds. The minimum Gasteiger partial charge on any atom is -0.394 e. The monoisotopic (exact) mass is 945 g/mol. The molecular weight excluding hydrogens is 865 g/mol. The summed E-state index contributed by atoms with van der Waals surface area (Å²) in [6.45, 7) is 13.1. The van der Waals surface area contributed by atoms with E-state index in [1.165, 1.54) is 6.29 Å². The van der Waals surface area contributed by atoms with Gasteiger partial charge in [0, 0.05) is 5.41 Å². The third-order valence-corrected chi connectivity index (χ3v) is 18.6. The Kier molecular flexibility index (Phi) is 15.7. The zero-order valence-corrected chi connectivity index (χ0v) is 39.7. The van der Waals surface area contributed by atoms with Crippen LogP contribution in [0.15, 0.2) is 11.6 Å². The molecule has 18 heteroatoms. The van der Waals surface area contributed by atoms with E-state index in [-0.39, 0.29) is 34.5 Å². The van der Waals surface area contributed by atoms with Crippen LogP contribution in [-0.2, 0) is 33.2 Å². The van der Waals surface area contributed by atoms with Crippen molar-refractivity contribution in [1.29, 1.82) is 0 Å². The number of ether oxygens (including phenoxy) is 6. The average Bonchev–Trinajstić information content (AvgIpc) is 3.65. The lowest BCUT2D eigenvalue weighted by Crippen LogP contribution is -2.67. The molecule has 66 heavy (non-hydrogen) atoms. The number of hydrogen-bond donors (Lipinski definition) is 11. The van der Waals surface area contributed by atoms with E-state index in [2.05, 4.69) is 40.7 Å². The number of aldehydes is 1. The molecule has 0 aromatic carbocycles. The lowest BCUT2D eigenvalue weighted by molar-refractivity contribution is -0.378. The molecule has 24 atom stereocenters. The fourth-order valence-electron chi connectivity index (χ4n) is 14.7. The first kappa shape index (κ1) is 52.6. The smallest absolute Gasteiger partial charge is 0.187 e. The van der Waals surface area contributed by atoms with Gasteiger partial charge in [0.15, 0.2) is 18.9 Å². The topological polar surface area (TPSA) is 295 Å². The van der Waals surface area contributed by atoms with Gasteiger partial charge in [-0.15, -0.1) is 0 Å². The van der Waals surface area contributed by atoms with Crippen molar-refractivity contribution in [3.63, 3.8) is 0 Å². The number of aliphatic hydroxyl groups excluding tert-OH is 11. The third-order valence-electron chi connectivity index (χ3n) is 18.6.